The Labute approximate surface area is 160 Å². The van der Waals surface area contributed by atoms with Gasteiger partial charge in [-0.05, 0) is 52.4 Å². The molecule has 0 aliphatic carbocycles. The van der Waals surface area contributed by atoms with Gasteiger partial charge in [0.05, 0.1) is 7.05 Å². The van der Waals surface area contributed by atoms with E-state index in [2.05, 4.69) is 98.5 Å². The van der Waals surface area contributed by atoms with E-state index >= 15 is 0 Å². The van der Waals surface area contributed by atoms with Crippen molar-refractivity contribution in [3.63, 3.8) is 0 Å². The topological polar surface area (TPSA) is 16.6 Å². The van der Waals surface area contributed by atoms with Crippen molar-refractivity contribution < 1.29 is 5.32 Å². The molecule has 2 N–H and O–H groups in total. The standard InChI is InChI=1S/C24H25NS/c1-5-16-24(3,18(2)12-14-20-10-8-17-26-20)23-21-11-7-6-9-19(21)13-15-22(23)25-4/h5-15,17,25H,1-2,16H2,3-4H3/p+1/b14-12+. The Hall–Kier alpha value is -2.42. The van der Waals surface area contributed by atoms with Crippen LogP contribution in [-0.2, 0) is 5.41 Å². The number of rotatable bonds is 7. The Kier molecular flexibility index (Phi) is 5.55. The monoisotopic (exact) mass is 360 g/mol. The quantitative estimate of drug-likeness (QED) is 0.310. The van der Waals surface area contributed by atoms with Crippen molar-refractivity contribution in [2.24, 2.45) is 0 Å². The maximum Gasteiger partial charge on any atom is 0.134 e. The molecule has 0 saturated carbocycles. The van der Waals surface area contributed by atoms with E-state index in [1.54, 1.807) is 11.3 Å². The van der Waals surface area contributed by atoms with E-state index in [0.29, 0.717) is 0 Å². The highest BCUT2D eigenvalue weighted by Crippen LogP contribution is 2.42. The number of hydrogen-bond acceptors (Lipinski definition) is 1. The summed E-state index contributed by atoms with van der Waals surface area (Å²) in [5.41, 5.74) is 3.49. The zero-order chi connectivity index (χ0) is 18.6. The number of benzene rings is 2. The molecule has 2 aromatic carbocycles. The van der Waals surface area contributed by atoms with Crippen molar-refractivity contribution in [1.82, 2.24) is 0 Å². The third-order valence-corrected chi connectivity index (χ3v) is 5.91. The molecule has 0 fully saturated rings. The van der Waals surface area contributed by atoms with Crippen molar-refractivity contribution >= 4 is 33.9 Å². The van der Waals surface area contributed by atoms with Gasteiger partial charge in [-0.25, -0.2) is 0 Å². The van der Waals surface area contributed by atoms with Gasteiger partial charge < -0.3 is 5.32 Å². The average molecular weight is 361 g/mol. The van der Waals surface area contributed by atoms with Gasteiger partial charge in [-0.3, -0.25) is 0 Å². The van der Waals surface area contributed by atoms with Crippen LogP contribution in [0.2, 0.25) is 0 Å². The number of nitrogens with two attached hydrogens (primary N) is 1. The van der Waals surface area contributed by atoms with E-state index in [0.717, 1.165) is 12.0 Å². The lowest BCUT2D eigenvalue weighted by molar-refractivity contribution is -0.540. The predicted molar refractivity (Wildman–Crippen MR) is 116 cm³/mol. The van der Waals surface area contributed by atoms with E-state index < -0.39 is 0 Å². The minimum Gasteiger partial charge on any atom is -0.316 e. The SMILES string of the molecule is C=CCC(C)(C(=C)/C=C/c1cccs1)c1c([NH2+]C)ccc2ccccc12. The Morgan fingerprint density at radius 1 is 1.15 bits per heavy atom. The zero-order valence-corrected chi connectivity index (χ0v) is 16.4. The molecule has 1 atom stereocenters. The van der Waals surface area contributed by atoms with Crippen LogP contribution in [0, 0.1) is 0 Å². The molecular formula is C24H26NS+. The van der Waals surface area contributed by atoms with Gasteiger partial charge in [-0.1, -0.05) is 56.0 Å². The van der Waals surface area contributed by atoms with Gasteiger partial charge in [-0.2, -0.15) is 0 Å². The van der Waals surface area contributed by atoms with Gasteiger partial charge in [0.1, 0.15) is 5.69 Å². The summed E-state index contributed by atoms with van der Waals surface area (Å²) in [6.45, 7) is 10.8. The molecule has 2 heteroatoms. The third-order valence-electron chi connectivity index (χ3n) is 5.08. The molecule has 1 aromatic heterocycles. The predicted octanol–water partition coefficient (Wildman–Crippen LogP) is 5.83. The highest BCUT2D eigenvalue weighted by atomic mass is 32.1. The molecule has 3 rings (SSSR count). The average Bonchev–Trinajstić information content (AvgIpc) is 3.18. The lowest BCUT2D eigenvalue weighted by Gasteiger charge is -2.32. The molecule has 1 nitrogen and oxygen atoms in total. The summed E-state index contributed by atoms with van der Waals surface area (Å²) in [5.74, 6) is 0. The lowest BCUT2D eigenvalue weighted by atomic mass is 9.71. The molecule has 0 aliphatic rings. The minimum atomic E-state index is -0.210. The number of hydrogen-bond donors (Lipinski definition) is 1. The van der Waals surface area contributed by atoms with Gasteiger partial charge >= 0.3 is 0 Å². The van der Waals surface area contributed by atoms with Crippen molar-refractivity contribution in [3.05, 3.63) is 95.2 Å². The van der Waals surface area contributed by atoms with Gasteiger partial charge in [0, 0.05) is 15.9 Å². The Morgan fingerprint density at radius 3 is 2.65 bits per heavy atom. The first kappa shape index (κ1) is 18.4. The molecule has 0 bridgehead atoms. The minimum absolute atomic E-state index is 0.210. The van der Waals surface area contributed by atoms with Gasteiger partial charge in [0.25, 0.3) is 0 Å². The molecule has 0 spiro atoms. The highest BCUT2D eigenvalue weighted by molar-refractivity contribution is 7.10. The molecule has 3 aromatic rings. The van der Waals surface area contributed by atoms with Crippen molar-refractivity contribution in [3.8, 4) is 0 Å². The smallest absolute Gasteiger partial charge is 0.134 e. The van der Waals surface area contributed by atoms with Crippen LogP contribution < -0.4 is 5.32 Å². The normalized spacial score (nSPS) is 13.8. The van der Waals surface area contributed by atoms with E-state index in [1.807, 2.05) is 6.08 Å². The second-order valence-corrected chi connectivity index (χ2v) is 7.72. The summed E-state index contributed by atoms with van der Waals surface area (Å²) in [6.07, 6.45) is 7.17. The molecule has 0 amide bonds. The lowest BCUT2D eigenvalue weighted by Crippen LogP contribution is -2.73. The summed E-state index contributed by atoms with van der Waals surface area (Å²) in [6, 6.07) is 17.2. The number of allylic oxidation sites excluding steroid dienone is 3. The zero-order valence-electron chi connectivity index (χ0n) is 15.5. The Morgan fingerprint density at radius 2 is 1.96 bits per heavy atom. The van der Waals surface area contributed by atoms with Crippen molar-refractivity contribution in [2.75, 3.05) is 7.05 Å². The molecule has 0 saturated heterocycles. The summed E-state index contributed by atoms with van der Waals surface area (Å²) >= 11 is 1.74. The van der Waals surface area contributed by atoms with Crippen LogP contribution in [0.25, 0.3) is 16.8 Å². The van der Waals surface area contributed by atoms with E-state index in [1.165, 1.54) is 26.9 Å². The van der Waals surface area contributed by atoms with Crippen molar-refractivity contribution in [2.45, 2.75) is 18.8 Å². The molecule has 132 valence electrons. The van der Waals surface area contributed by atoms with Crippen LogP contribution >= 0.6 is 11.3 Å². The summed E-state index contributed by atoms with van der Waals surface area (Å²) in [7, 11) is 2.10. The fourth-order valence-electron chi connectivity index (χ4n) is 3.58. The fourth-order valence-corrected chi connectivity index (χ4v) is 4.20. The van der Waals surface area contributed by atoms with Crippen LogP contribution in [0.15, 0.2) is 84.8 Å². The Bertz CT molecular complexity index is 950. The first-order chi connectivity index (χ1) is 12.6. The summed E-state index contributed by atoms with van der Waals surface area (Å²) in [4.78, 5) is 1.24. The molecule has 0 aliphatic heterocycles. The van der Waals surface area contributed by atoms with Crippen LogP contribution in [0.1, 0.15) is 23.8 Å². The Balaban J connectivity index is 2.16. The molecule has 0 radical (unpaired) electrons. The maximum atomic E-state index is 4.46. The van der Waals surface area contributed by atoms with E-state index in [-0.39, 0.29) is 5.41 Å². The maximum absolute atomic E-state index is 4.46. The fraction of sp³-hybridized carbons (Fsp3) is 0.167. The largest absolute Gasteiger partial charge is 0.316 e. The van der Waals surface area contributed by atoms with Crippen LogP contribution in [0.3, 0.4) is 0 Å². The van der Waals surface area contributed by atoms with E-state index in [4.69, 9.17) is 0 Å². The van der Waals surface area contributed by atoms with Gasteiger partial charge in [-0.15, -0.1) is 17.9 Å². The number of fused-ring (bicyclic) bond motifs is 1. The molecule has 1 heterocycles. The molecule has 1 unspecified atom stereocenters. The van der Waals surface area contributed by atoms with Crippen LogP contribution in [-0.4, -0.2) is 7.05 Å². The summed E-state index contributed by atoms with van der Waals surface area (Å²) < 4.78 is 0. The first-order valence-electron chi connectivity index (χ1n) is 8.93. The number of quaternary nitrogens is 1. The second-order valence-electron chi connectivity index (χ2n) is 6.74. The van der Waals surface area contributed by atoms with Crippen LogP contribution in [0.4, 0.5) is 5.69 Å². The number of thiophene rings is 1. The molecular weight excluding hydrogens is 334 g/mol. The molecule has 26 heavy (non-hydrogen) atoms. The van der Waals surface area contributed by atoms with E-state index in [9.17, 15) is 0 Å². The summed E-state index contributed by atoms with van der Waals surface area (Å²) in [5, 5.41) is 6.84. The third kappa shape index (κ3) is 3.44. The first-order valence-corrected chi connectivity index (χ1v) is 9.81. The van der Waals surface area contributed by atoms with Gasteiger partial charge in [0.15, 0.2) is 0 Å². The van der Waals surface area contributed by atoms with Crippen LogP contribution in [0.5, 0.6) is 0 Å². The van der Waals surface area contributed by atoms with Crippen molar-refractivity contribution in [1.29, 1.82) is 0 Å². The highest BCUT2D eigenvalue weighted by Gasteiger charge is 2.33. The van der Waals surface area contributed by atoms with Gasteiger partial charge in [0.2, 0.25) is 0 Å². The second kappa shape index (κ2) is 7.86.